The first kappa shape index (κ1) is 13.5. The van der Waals surface area contributed by atoms with Gasteiger partial charge in [-0.25, -0.2) is 0 Å². The Morgan fingerprint density at radius 3 is 2.33 bits per heavy atom. The van der Waals surface area contributed by atoms with Crippen LogP contribution in [0.5, 0.6) is 0 Å². The average Bonchev–Trinajstić information content (AvgIpc) is 2.27. The van der Waals surface area contributed by atoms with E-state index in [1.807, 2.05) is 31.2 Å². The summed E-state index contributed by atoms with van der Waals surface area (Å²) in [7, 11) is -4.22. The maximum Gasteiger partial charge on any atom is 0.295 e. The molecule has 2 aromatic carbocycles. The van der Waals surface area contributed by atoms with Crippen molar-refractivity contribution in [3.05, 3.63) is 51.6 Å². The van der Waals surface area contributed by atoms with E-state index >= 15 is 0 Å². The normalized spacial score (nSPS) is 11.5. The molecule has 18 heavy (non-hydrogen) atoms. The van der Waals surface area contributed by atoms with E-state index in [0.717, 1.165) is 14.7 Å². The van der Waals surface area contributed by atoms with E-state index in [-0.39, 0.29) is 4.90 Å². The minimum absolute atomic E-state index is 0.0581. The fourth-order valence-electron chi connectivity index (χ4n) is 1.76. The molecule has 0 fully saturated rings. The Morgan fingerprint density at radius 1 is 1.06 bits per heavy atom. The van der Waals surface area contributed by atoms with Gasteiger partial charge in [0.2, 0.25) is 0 Å². The fourth-order valence-corrected chi connectivity index (χ4v) is 3.12. The van der Waals surface area contributed by atoms with Crippen LogP contribution in [0.15, 0.2) is 47.4 Å². The van der Waals surface area contributed by atoms with Crippen LogP contribution in [0.2, 0.25) is 0 Å². The van der Waals surface area contributed by atoms with Crippen LogP contribution < -0.4 is 0 Å². The molecule has 0 atom stereocenters. The van der Waals surface area contributed by atoms with Gasteiger partial charge in [-0.3, -0.25) is 4.55 Å². The first-order valence-corrected chi connectivity index (χ1v) is 7.74. The van der Waals surface area contributed by atoms with E-state index < -0.39 is 10.1 Å². The molecule has 94 valence electrons. The van der Waals surface area contributed by atoms with E-state index in [2.05, 4.69) is 22.6 Å². The predicted molar refractivity (Wildman–Crippen MR) is 79.1 cm³/mol. The molecule has 0 aliphatic carbocycles. The maximum atomic E-state index is 11.4. The zero-order chi connectivity index (χ0) is 13.3. The summed E-state index contributed by atoms with van der Waals surface area (Å²) >= 11 is 2.14. The summed E-state index contributed by atoms with van der Waals surface area (Å²) in [5.74, 6) is 0. The van der Waals surface area contributed by atoms with Crippen molar-refractivity contribution in [3.8, 4) is 11.1 Å². The highest BCUT2D eigenvalue weighted by Crippen LogP contribution is 2.31. The van der Waals surface area contributed by atoms with Crippen LogP contribution in [0.4, 0.5) is 0 Å². The van der Waals surface area contributed by atoms with Crippen LogP contribution in [0.3, 0.4) is 0 Å². The number of halogens is 1. The second-order valence-corrected chi connectivity index (χ2v) is 6.51. The summed E-state index contributed by atoms with van der Waals surface area (Å²) in [4.78, 5) is -0.0581. The van der Waals surface area contributed by atoms with Gasteiger partial charge in [-0.05, 0) is 53.3 Å². The number of hydrogen-bond donors (Lipinski definition) is 1. The van der Waals surface area contributed by atoms with Crippen LogP contribution in [0, 0.1) is 10.5 Å². The molecule has 5 heteroatoms. The molecule has 0 aromatic heterocycles. The average molecular weight is 374 g/mol. The van der Waals surface area contributed by atoms with E-state index in [4.69, 9.17) is 0 Å². The molecular weight excluding hydrogens is 363 g/mol. The Hall–Kier alpha value is -0.920. The number of benzene rings is 2. The highest BCUT2D eigenvalue weighted by Gasteiger charge is 2.17. The Labute approximate surface area is 120 Å². The van der Waals surface area contributed by atoms with Crippen molar-refractivity contribution in [2.45, 2.75) is 11.8 Å². The summed E-state index contributed by atoms with van der Waals surface area (Å²) in [6.07, 6.45) is 0. The van der Waals surface area contributed by atoms with Crippen LogP contribution >= 0.6 is 22.6 Å². The fraction of sp³-hybridized carbons (Fsp3) is 0.0769. The van der Waals surface area contributed by atoms with Crippen molar-refractivity contribution >= 4 is 32.7 Å². The molecule has 0 saturated heterocycles. The second-order valence-electron chi connectivity index (χ2n) is 3.95. The first-order chi connectivity index (χ1) is 8.39. The molecule has 0 aliphatic heterocycles. The lowest BCUT2D eigenvalue weighted by molar-refractivity contribution is 0.483. The number of hydrogen-bond acceptors (Lipinski definition) is 2. The number of rotatable bonds is 2. The van der Waals surface area contributed by atoms with Crippen LogP contribution in [-0.2, 0) is 10.1 Å². The minimum atomic E-state index is -4.22. The summed E-state index contributed by atoms with van der Waals surface area (Å²) < 4.78 is 33.0. The zero-order valence-corrected chi connectivity index (χ0v) is 12.6. The molecule has 0 radical (unpaired) electrons. The largest absolute Gasteiger partial charge is 0.295 e. The molecular formula is C13H11IO3S. The highest BCUT2D eigenvalue weighted by molar-refractivity contribution is 14.1. The molecule has 2 rings (SSSR count). The Balaban J connectivity index is 2.79. The summed E-state index contributed by atoms with van der Waals surface area (Å²) in [6.45, 7) is 1.88. The minimum Gasteiger partial charge on any atom is -0.282 e. The zero-order valence-electron chi connectivity index (χ0n) is 9.59. The summed E-state index contributed by atoms with van der Waals surface area (Å²) in [5.41, 5.74) is 2.27. The molecule has 0 spiro atoms. The topological polar surface area (TPSA) is 54.4 Å². The maximum absolute atomic E-state index is 11.4. The Bertz CT molecular complexity index is 693. The van der Waals surface area contributed by atoms with Gasteiger partial charge in [0.1, 0.15) is 4.90 Å². The third-order valence-electron chi connectivity index (χ3n) is 2.58. The monoisotopic (exact) mass is 374 g/mol. The second kappa shape index (κ2) is 4.99. The van der Waals surface area contributed by atoms with Crippen LogP contribution in [0.25, 0.3) is 11.1 Å². The van der Waals surface area contributed by atoms with Gasteiger partial charge in [0.05, 0.1) is 0 Å². The first-order valence-electron chi connectivity index (χ1n) is 5.22. The van der Waals surface area contributed by atoms with Gasteiger partial charge in [-0.15, -0.1) is 0 Å². The van der Waals surface area contributed by atoms with E-state index in [9.17, 15) is 13.0 Å². The highest BCUT2D eigenvalue weighted by atomic mass is 127. The van der Waals surface area contributed by atoms with Gasteiger partial charge in [0.25, 0.3) is 10.1 Å². The molecule has 0 amide bonds. The van der Waals surface area contributed by atoms with Crippen molar-refractivity contribution in [1.29, 1.82) is 0 Å². The van der Waals surface area contributed by atoms with Crippen LogP contribution in [-0.4, -0.2) is 13.0 Å². The molecule has 1 N–H and O–H groups in total. The molecule has 2 aromatic rings. The number of aryl methyl sites for hydroxylation is 1. The predicted octanol–water partition coefficient (Wildman–Crippen LogP) is 3.51. The van der Waals surface area contributed by atoms with Crippen molar-refractivity contribution in [1.82, 2.24) is 0 Å². The lowest BCUT2D eigenvalue weighted by atomic mass is 10.0. The molecule has 0 aliphatic rings. The van der Waals surface area contributed by atoms with Gasteiger partial charge in [-0.2, -0.15) is 8.42 Å². The Morgan fingerprint density at radius 2 is 1.72 bits per heavy atom. The summed E-state index contributed by atoms with van der Waals surface area (Å²) in [6, 6.07) is 12.3. The Kier molecular flexibility index (Phi) is 3.74. The standard InChI is InChI=1S/C13H11IO3S/c1-9-6-7-13(18(15,16)17)11(8-9)10-4-2-3-5-12(10)14/h2-8H,1H3,(H,15,16,17). The van der Waals surface area contributed by atoms with Crippen molar-refractivity contribution in [2.24, 2.45) is 0 Å². The third kappa shape index (κ3) is 2.73. The van der Waals surface area contributed by atoms with E-state index in [1.165, 1.54) is 6.07 Å². The molecule has 0 heterocycles. The third-order valence-corrected chi connectivity index (χ3v) is 4.43. The smallest absolute Gasteiger partial charge is 0.282 e. The lowest BCUT2D eigenvalue weighted by Gasteiger charge is -2.10. The quantitative estimate of drug-likeness (QED) is 0.647. The van der Waals surface area contributed by atoms with Gasteiger partial charge in [0.15, 0.2) is 0 Å². The SMILES string of the molecule is Cc1ccc(S(=O)(=O)O)c(-c2ccccc2I)c1. The summed E-state index contributed by atoms with van der Waals surface area (Å²) in [5, 5.41) is 0. The van der Waals surface area contributed by atoms with Gasteiger partial charge in [0, 0.05) is 9.13 Å². The van der Waals surface area contributed by atoms with Gasteiger partial charge >= 0.3 is 0 Å². The van der Waals surface area contributed by atoms with E-state index in [0.29, 0.717) is 5.56 Å². The van der Waals surface area contributed by atoms with E-state index in [1.54, 1.807) is 12.1 Å². The van der Waals surface area contributed by atoms with Crippen LogP contribution in [0.1, 0.15) is 5.56 Å². The lowest BCUT2D eigenvalue weighted by Crippen LogP contribution is -2.01. The van der Waals surface area contributed by atoms with Gasteiger partial charge < -0.3 is 0 Å². The molecule has 0 unspecified atom stereocenters. The molecule has 3 nitrogen and oxygen atoms in total. The van der Waals surface area contributed by atoms with Crippen molar-refractivity contribution in [3.63, 3.8) is 0 Å². The van der Waals surface area contributed by atoms with Gasteiger partial charge in [-0.1, -0.05) is 29.8 Å². The van der Waals surface area contributed by atoms with Crippen molar-refractivity contribution in [2.75, 3.05) is 0 Å². The molecule has 0 bridgehead atoms. The molecule has 0 saturated carbocycles. The van der Waals surface area contributed by atoms with Crippen molar-refractivity contribution < 1.29 is 13.0 Å².